The molecular weight excluding hydrogens is 240 g/mol. The number of aromatic nitrogens is 2. The summed E-state index contributed by atoms with van der Waals surface area (Å²) in [5.41, 5.74) is 1.23. The van der Waals surface area contributed by atoms with E-state index in [1.54, 1.807) is 0 Å². The van der Waals surface area contributed by atoms with Gasteiger partial charge in [0.15, 0.2) is 0 Å². The summed E-state index contributed by atoms with van der Waals surface area (Å²) in [6, 6.07) is 0.236. The Kier molecular flexibility index (Phi) is 5.36. The molecule has 19 heavy (non-hydrogen) atoms. The Morgan fingerprint density at radius 3 is 2.89 bits per heavy atom. The minimum Gasteiger partial charge on any atom is -0.374 e. The molecule has 0 bridgehead atoms. The number of nitrogens with one attached hydrogen (secondary N) is 1. The maximum absolute atomic E-state index is 5.98. The van der Waals surface area contributed by atoms with Gasteiger partial charge in [0.1, 0.15) is 0 Å². The van der Waals surface area contributed by atoms with Gasteiger partial charge in [0.2, 0.25) is 0 Å². The van der Waals surface area contributed by atoms with Crippen LogP contribution in [0.15, 0.2) is 12.4 Å². The molecule has 1 N–H and O–H groups in total. The van der Waals surface area contributed by atoms with Crippen LogP contribution in [-0.4, -0.2) is 53.6 Å². The van der Waals surface area contributed by atoms with Crippen LogP contribution >= 0.6 is 0 Å². The molecular formula is C14H26N4O. The summed E-state index contributed by atoms with van der Waals surface area (Å²) in [6.07, 6.45) is 4.30. The Hall–Kier alpha value is -0.910. The van der Waals surface area contributed by atoms with Crippen LogP contribution in [0.5, 0.6) is 0 Å². The lowest BCUT2D eigenvalue weighted by Gasteiger charge is -2.36. The normalized spacial score (nSPS) is 22.6. The van der Waals surface area contributed by atoms with Crippen molar-refractivity contribution < 1.29 is 4.74 Å². The van der Waals surface area contributed by atoms with Gasteiger partial charge in [-0.3, -0.25) is 9.58 Å². The summed E-state index contributed by atoms with van der Waals surface area (Å²) < 4.78 is 7.95. The van der Waals surface area contributed by atoms with E-state index in [1.165, 1.54) is 5.56 Å². The molecule has 1 aromatic heterocycles. The summed E-state index contributed by atoms with van der Waals surface area (Å²) in [4.78, 5) is 2.45. The van der Waals surface area contributed by atoms with Gasteiger partial charge >= 0.3 is 0 Å². The Morgan fingerprint density at radius 1 is 1.42 bits per heavy atom. The molecule has 2 atom stereocenters. The fraction of sp³-hybridized carbons (Fsp3) is 0.786. The van der Waals surface area contributed by atoms with E-state index in [9.17, 15) is 0 Å². The van der Waals surface area contributed by atoms with E-state index in [2.05, 4.69) is 42.3 Å². The summed E-state index contributed by atoms with van der Waals surface area (Å²) in [6.45, 7) is 12.2. The van der Waals surface area contributed by atoms with E-state index in [0.29, 0.717) is 0 Å². The van der Waals surface area contributed by atoms with E-state index in [0.717, 1.165) is 39.3 Å². The molecule has 0 amide bonds. The fourth-order valence-electron chi connectivity index (χ4n) is 2.62. The van der Waals surface area contributed by atoms with Crippen LogP contribution in [0.25, 0.3) is 0 Å². The van der Waals surface area contributed by atoms with E-state index >= 15 is 0 Å². The van der Waals surface area contributed by atoms with Crippen molar-refractivity contribution in [1.82, 2.24) is 20.0 Å². The molecule has 1 aliphatic rings. The summed E-state index contributed by atoms with van der Waals surface area (Å²) in [5.74, 6) is 0. The predicted molar refractivity (Wildman–Crippen MR) is 76.2 cm³/mol. The van der Waals surface area contributed by atoms with Gasteiger partial charge in [0, 0.05) is 31.4 Å². The third kappa shape index (κ3) is 3.55. The minimum absolute atomic E-state index is 0.211. The topological polar surface area (TPSA) is 42.3 Å². The zero-order valence-corrected chi connectivity index (χ0v) is 12.3. The molecule has 0 saturated carbocycles. The number of morpholine rings is 1. The van der Waals surface area contributed by atoms with Crippen molar-refractivity contribution in [2.24, 2.45) is 0 Å². The van der Waals surface area contributed by atoms with Gasteiger partial charge in [-0.05, 0) is 20.0 Å². The van der Waals surface area contributed by atoms with Crippen LogP contribution in [0, 0.1) is 0 Å². The second kappa shape index (κ2) is 7.03. The third-order valence-corrected chi connectivity index (χ3v) is 3.76. The lowest BCUT2D eigenvalue weighted by atomic mass is 10.0. The summed E-state index contributed by atoms with van der Waals surface area (Å²) in [5, 5.41) is 7.93. The Bertz CT molecular complexity index is 379. The SMILES string of the molecule is CCNC(c1cnn(CC)c1)C1CN(CC)CCO1. The van der Waals surface area contributed by atoms with E-state index in [1.807, 2.05) is 10.9 Å². The number of aryl methyl sites for hydroxylation is 1. The van der Waals surface area contributed by atoms with Gasteiger partial charge in [-0.2, -0.15) is 5.10 Å². The Labute approximate surface area is 115 Å². The van der Waals surface area contributed by atoms with Crippen LogP contribution in [0.3, 0.4) is 0 Å². The molecule has 2 heterocycles. The number of likely N-dealkylation sites (N-methyl/N-ethyl adjacent to an activating group) is 2. The van der Waals surface area contributed by atoms with Gasteiger partial charge in [-0.1, -0.05) is 13.8 Å². The van der Waals surface area contributed by atoms with E-state index in [4.69, 9.17) is 4.74 Å². The lowest BCUT2D eigenvalue weighted by molar-refractivity contribution is -0.0453. The number of nitrogens with zero attached hydrogens (tertiary/aromatic N) is 3. The second-order valence-electron chi connectivity index (χ2n) is 4.97. The number of ether oxygens (including phenoxy) is 1. The number of hydrogen-bond acceptors (Lipinski definition) is 4. The Morgan fingerprint density at radius 2 is 2.26 bits per heavy atom. The molecule has 2 unspecified atom stereocenters. The molecule has 1 saturated heterocycles. The van der Waals surface area contributed by atoms with Gasteiger partial charge in [0.05, 0.1) is 24.9 Å². The first-order valence-corrected chi connectivity index (χ1v) is 7.38. The van der Waals surface area contributed by atoms with E-state index < -0.39 is 0 Å². The summed E-state index contributed by atoms with van der Waals surface area (Å²) in [7, 11) is 0. The fourth-order valence-corrected chi connectivity index (χ4v) is 2.62. The zero-order chi connectivity index (χ0) is 13.7. The van der Waals surface area contributed by atoms with Crippen LogP contribution in [0.1, 0.15) is 32.4 Å². The molecule has 1 fully saturated rings. The van der Waals surface area contributed by atoms with Crippen LogP contribution in [0.4, 0.5) is 0 Å². The highest BCUT2D eigenvalue weighted by molar-refractivity contribution is 5.13. The monoisotopic (exact) mass is 266 g/mol. The maximum Gasteiger partial charge on any atom is 0.0898 e. The van der Waals surface area contributed by atoms with Crippen LogP contribution in [0.2, 0.25) is 0 Å². The molecule has 2 rings (SSSR count). The van der Waals surface area contributed by atoms with Crippen molar-refractivity contribution in [3.63, 3.8) is 0 Å². The average Bonchev–Trinajstić information content (AvgIpc) is 2.93. The molecule has 0 spiro atoms. The lowest BCUT2D eigenvalue weighted by Crippen LogP contribution is -2.48. The predicted octanol–water partition coefficient (Wildman–Crippen LogP) is 1.27. The van der Waals surface area contributed by atoms with Crippen molar-refractivity contribution in [3.05, 3.63) is 18.0 Å². The van der Waals surface area contributed by atoms with Gasteiger partial charge in [-0.15, -0.1) is 0 Å². The second-order valence-corrected chi connectivity index (χ2v) is 4.97. The molecule has 0 aliphatic carbocycles. The molecule has 108 valence electrons. The highest BCUT2D eigenvalue weighted by atomic mass is 16.5. The number of rotatable bonds is 6. The minimum atomic E-state index is 0.211. The number of hydrogen-bond donors (Lipinski definition) is 1. The Balaban J connectivity index is 2.10. The first kappa shape index (κ1) is 14.5. The first-order valence-electron chi connectivity index (χ1n) is 7.38. The van der Waals surface area contributed by atoms with Crippen molar-refractivity contribution in [1.29, 1.82) is 0 Å². The van der Waals surface area contributed by atoms with E-state index in [-0.39, 0.29) is 12.1 Å². The van der Waals surface area contributed by atoms with Gasteiger partial charge in [-0.25, -0.2) is 0 Å². The molecule has 1 aliphatic heterocycles. The van der Waals surface area contributed by atoms with Gasteiger partial charge in [0.25, 0.3) is 0 Å². The molecule has 5 nitrogen and oxygen atoms in total. The van der Waals surface area contributed by atoms with Crippen molar-refractivity contribution in [2.75, 3.05) is 32.8 Å². The summed E-state index contributed by atoms with van der Waals surface area (Å²) >= 11 is 0. The van der Waals surface area contributed by atoms with Crippen molar-refractivity contribution in [2.45, 2.75) is 39.5 Å². The van der Waals surface area contributed by atoms with Crippen LogP contribution in [-0.2, 0) is 11.3 Å². The molecule has 5 heteroatoms. The maximum atomic E-state index is 5.98. The molecule has 1 aromatic rings. The highest BCUT2D eigenvalue weighted by Crippen LogP contribution is 2.22. The third-order valence-electron chi connectivity index (χ3n) is 3.76. The zero-order valence-electron chi connectivity index (χ0n) is 12.3. The molecule has 0 aromatic carbocycles. The van der Waals surface area contributed by atoms with Crippen molar-refractivity contribution in [3.8, 4) is 0 Å². The van der Waals surface area contributed by atoms with Gasteiger partial charge < -0.3 is 10.1 Å². The first-order chi connectivity index (χ1) is 9.28. The molecule has 0 radical (unpaired) electrons. The average molecular weight is 266 g/mol. The van der Waals surface area contributed by atoms with Crippen LogP contribution < -0.4 is 5.32 Å². The quantitative estimate of drug-likeness (QED) is 0.842. The standard InChI is InChI=1S/C14H26N4O/c1-4-15-14(12-9-16-18(6-3)10-12)13-11-17(5-2)7-8-19-13/h9-10,13-15H,4-8,11H2,1-3H3. The van der Waals surface area contributed by atoms with Crippen molar-refractivity contribution >= 4 is 0 Å². The largest absolute Gasteiger partial charge is 0.374 e. The smallest absolute Gasteiger partial charge is 0.0898 e. The highest BCUT2D eigenvalue weighted by Gasteiger charge is 2.29.